The molecule has 3 rings (SSSR count). The Hall–Kier alpha value is -3.13. The molecular weight excluding hydrogens is 338 g/mol. The average molecular weight is 357 g/mol. The Kier molecular flexibility index (Phi) is 5.65. The topological polar surface area (TPSA) is 98.8 Å². The number of amides is 2. The van der Waals surface area contributed by atoms with Crippen LogP contribution in [-0.2, 0) is 11.3 Å². The van der Waals surface area contributed by atoms with Crippen molar-refractivity contribution in [3.63, 3.8) is 0 Å². The largest absolute Gasteiger partial charge is 0.454 e. The van der Waals surface area contributed by atoms with Crippen molar-refractivity contribution < 1.29 is 23.8 Å². The standard InChI is InChI=1S/C18H19N3O5/c1-24-7-6-20-18(23)14-9-13(4-5-19-14)17(22)21-10-12-2-3-15-16(8-12)26-11-25-15/h2-5,8-9H,6-7,10-11H2,1H3,(H,20,23)(H,21,22). The van der Waals surface area contributed by atoms with Crippen LogP contribution in [0.25, 0.3) is 0 Å². The number of methoxy groups -OCH3 is 1. The van der Waals surface area contributed by atoms with E-state index < -0.39 is 0 Å². The third kappa shape index (κ3) is 4.28. The van der Waals surface area contributed by atoms with Crippen LogP contribution in [0.5, 0.6) is 11.5 Å². The molecule has 1 aliphatic heterocycles. The molecule has 0 aliphatic carbocycles. The van der Waals surface area contributed by atoms with E-state index in [0.29, 0.717) is 36.8 Å². The minimum atomic E-state index is -0.354. The van der Waals surface area contributed by atoms with Gasteiger partial charge in [0.25, 0.3) is 11.8 Å². The molecule has 8 heteroatoms. The molecule has 0 spiro atoms. The SMILES string of the molecule is COCCNC(=O)c1cc(C(=O)NCc2ccc3c(c2)OCO3)ccn1. The number of nitrogens with one attached hydrogen (secondary N) is 2. The Morgan fingerprint density at radius 1 is 1.12 bits per heavy atom. The predicted molar refractivity (Wildman–Crippen MR) is 92.2 cm³/mol. The summed E-state index contributed by atoms with van der Waals surface area (Å²) in [5, 5.41) is 5.47. The number of nitrogens with zero attached hydrogens (tertiary/aromatic N) is 1. The number of rotatable bonds is 7. The fourth-order valence-electron chi connectivity index (χ4n) is 2.39. The first-order valence-corrected chi connectivity index (χ1v) is 8.07. The summed E-state index contributed by atoms with van der Waals surface area (Å²) in [6.45, 7) is 1.31. The zero-order chi connectivity index (χ0) is 18.4. The van der Waals surface area contributed by atoms with Crippen LogP contribution in [0.1, 0.15) is 26.4 Å². The zero-order valence-electron chi connectivity index (χ0n) is 14.3. The van der Waals surface area contributed by atoms with Crippen molar-refractivity contribution in [3.05, 3.63) is 53.3 Å². The first-order valence-electron chi connectivity index (χ1n) is 8.07. The Bertz CT molecular complexity index is 809. The highest BCUT2D eigenvalue weighted by Gasteiger charge is 2.14. The molecule has 0 saturated heterocycles. The Morgan fingerprint density at radius 2 is 1.96 bits per heavy atom. The Morgan fingerprint density at radius 3 is 2.81 bits per heavy atom. The maximum atomic E-state index is 12.3. The molecule has 1 aromatic carbocycles. The number of carbonyl (C=O) groups is 2. The van der Waals surface area contributed by atoms with Gasteiger partial charge in [0.2, 0.25) is 6.79 Å². The van der Waals surface area contributed by atoms with Crippen molar-refractivity contribution in [2.45, 2.75) is 6.54 Å². The number of hydrogen-bond donors (Lipinski definition) is 2. The maximum absolute atomic E-state index is 12.3. The molecule has 0 fully saturated rings. The van der Waals surface area contributed by atoms with E-state index >= 15 is 0 Å². The zero-order valence-corrected chi connectivity index (χ0v) is 14.3. The second-order valence-corrected chi connectivity index (χ2v) is 5.55. The van der Waals surface area contributed by atoms with Gasteiger partial charge in [-0.3, -0.25) is 14.6 Å². The van der Waals surface area contributed by atoms with E-state index in [2.05, 4.69) is 15.6 Å². The van der Waals surface area contributed by atoms with Crippen molar-refractivity contribution >= 4 is 11.8 Å². The molecule has 0 saturated carbocycles. The molecule has 8 nitrogen and oxygen atoms in total. The molecule has 0 unspecified atom stereocenters. The van der Waals surface area contributed by atoms with Gasteiger partial charge in [-0.15, -0.1) is 0 Å². The summed E-state index contributed by atoms with van der Waals surface area (Å²) in [5.74, 6) is 0.706. The fourth-order valence-corrected chi connectivity index (χ4v) is 2.39. The van der Waals surface area contributed by atoms with E-state index in [0.717, 1.165) is 5.56 Å². The van der Waals surface area contributed by atoms with Crippen LogP contribution in [-0.4, -0.2) is 43.9 Å². The summed E-state index contributed by atoms with van der Waals surface area (Å²) in [7, 11) is 1.55. The third-order valence-corrected chi connectivity index (χ3v) is 3.74. The van der Waals surface area contributed by atoms with Gasteiger partial charge in [-0.1, -0.05) is 6.07 Å². The fraction of sp³-hybridized carbons (Fsp3) is 0.278. The smallest absolute Gasteiger partial charge is 0.269 e. The van der Waals surface area contributed by atoms with E-state index in [1.165, 1.54) is 12.3 Å². The van der Waals surface area contributed by atoms with E-state index in [1.54, 1.807) is 19.2 Å². The van der Waals surface area contributed by atoms with E-state index in [4.69, 9.17) is 14.2 Å². The van der Waals surface area contributed by atoms with Gasteiger partial charge < -0.3 is 24.8 Å². The number of pyridine rings is 1. The molecule has 1 aliphatic rings. The van der Waals surface area contributed by atoms with Crippen LogP contribution >= 0.6 is 0 Å². The number of carbonyl (C=O) groups excluding carboxylic acids is 2. The van der Waals surface area contributed by atoms with Gasteiger partial charge in [-0.25, -0.2) is 0 Å². The number of hydrogen-bond acceptors (Lipinski definition) is 6. The van der Waals surface area contributed by atoms with E-state index in [-0.39, 0.29) is 24.3 Å². The van der Waals surface area contributed by atoms with Crippen LogP contribution in [0.3, 0.4) is 0 Å². The molecule has 0 bridgehead atoms. The molecule has 2 aromatic rings. The minimum absolute atomic E-state index is 0.178. The monoisotopic (exact) mass is 357 g/mol. The lowest BCUT2D eigenvalue weighted by molar-refractivity contribution is 0.0932. The number of aromatic nitrogens is 1. The molecular formula is C18H19N3O5. The van der Waals surface area contributed by atoms with Crippen molar-refractivity contribution in [3.8, 4) is 11.5 Å². The first-order chi connectivity index (χ1) is 12.7. The van der Waals surface area contributed by atoms with Crippen molar-refractivity contribution in [1.29, 1.82) is 0 Å². The molecule has 2 heterocycles. The van der Waals surface area contributed by atoms with E-state index in [1.807, 2.05) is 12.1 Å². The predicted octanol–water partition coefficient (Wildman–Crippen LogP) is 1.12. The lowest BCUT2D eigenvalue weighted by Gasteiger charge is -2.08. The summed E-state index contributed by atoms with van der Waals surface area (Å²) in [6.07, 6.45) is 1.43. The second kappa shape index (κ2) is 8.30. The van der Waals surface area contributed by atoms with Crippen molar-refractivity contribution in [2.24, 2.45) is 0 Å². The van der Waals surface area contributed by atoms with E-state index in [9.17, 15) is 9.59 Å². The first kappa shape index (κ1) is 17.7. The summed E-state index contributed by atoms with van der Waals surface area (Å²) in [4.78, 5) is 28.3. The third-order valence-electron chi connectivity index (χ3n) is 3.74. The molecule has 1 aromatic heterocycles. The normalized spacial score (nSPS) is 11.9. The van der Waals surface area contributed by atoms with Gasteiger partial charge in [-0.2, -0.15) is 0 Å². The van der Waals surface area contributed by atoms with Gasteiger partial charge >= 0.3 is 0 Å². The lowest BCUT2D eigenvalue weighted by atomic mass is 10.1. The average Bonchev–Trinajstić information content (AvgIpc) is 3.14. The Labute approximate surface area is 150 Å². The van der Waals surface area contributed by atoms with Crippen LogP contribution < -0.4 is 20.1 Å². The minimum Gasteiger partial charge on any atom is -0.454 e. The quantitative estimate of drug-likeness (QED) is 0.721. The number of ether oxygens (including phenoxy) is 3. The van der Waals surface area contributed by atoms with Gasteiger partial charge in [0.05, 0.1) is 6.61 Å². The van der Waals surface area contributed by atoms with Crippen LogP contribution in [0.2, 0.25) is 0 Å². The lowest BCUT2D eigenvalue weighted by Crippen LogP contribution is -2.28. The molecule has 26 heavy (non-hydrogen) atoms. The number of benzene rings is 1. The Balaban J connectivity index is 1.59. The highest BCUT2D eigenvalue weighted by molar-refractivity contribution is 5.98. The molecule has 2 amide bonds. The molecule has 2 N–H and O–H groups in total. The molecule has 0 radical (unpaired) electrons. The van der Waals surface area contributed by atoms with Gasteiger partial charge in [-0.05, 0) is 29.8 Å². The highest BCUT2D eigenvalue weighted by atomic mass is 16.7. The molecule has 136 valence electrons. The summed E-state index contributed by atoms with van der Waals surface area (Å²) >= 11 is 0. The summed E-state index contributed by atoms with van der Waals surface area (Å²) < 4.78 is 15.4. The van der Waals surface area contributed by atoms with Crippen LogP contribution in [0.15, 0.2) is 36.5 Å². The second-order valence-electron chi connectivity index (χ2n) is 5.55. The van der Waals surface area contributed by atoms with Crippen molar-refractivity contribution in [1.82, 2.24) is 15.6 Å². The van der Waals surface area contributed by atoms with Gasteiger partial charge in [0.15, 0.2) is 11.5 Å². The molecule has 0 atom stereocenters. The van der Waals surface area contributed by atoms with Gasteiger partial charge in [0.1, 0.15) is 5.69 Å². The summed E-state index contributed by atoms with van der Waals surface area (Å²) in [5.41, 5.74) is 1.42. The number of fused-ring (bicyclic) bond motifs is 1. The maximum Gasteiger partial charge on any atom is 0.269 e. The van der Waals surface area contributed by atoms with Crippen LogP contribution in [0, 0.1) is 0 Å². The van der Waals surface area contributed by atoms with Gasteiger partial charge in [0, 0.05) is 32.0 Å². The highest BCUT2D eigenvalue weighted by Crippen LogP contribution is 2.32. The van der Waals surface area contributed by atoms with Crippen molar-refractivity contribution in [2.75, 3.05) is 27.1 Å². The summed E-state index contributed by atoms with van der Waals surface area (Å²) in [6, 6.07) is 8.50. The van der Waals surface area contributed by atoms with Crippen LogP contribution in [0.4, 0.5) is 0 Å².